The largest absolute Gasteiger partial charge is 0.454 e. The number of amides is 1. The Balaban J connectivity index is 1.77. The Hall–Kier alpha value is -1.51. The highest BCUT2D eigenvalue weighted by Gasteiger charge is 2.26. The van der Waals surface area contributed by atoms with Crippen LogP contribution in [0.1, 0.15) is 16.8 Å². The Morgan fingerprint density at radius 2 is 1.96 bits per heavy atom. The summed E-state index contributed by atoms with van der Waals surface area (Å²) < 4.78 is 35.2. The lowest BCUT2D eigenvalue weighted by Crippen LogP contribution is -2.36. The highest BCUT2D eigenvalue weighted by atomic mass is 35.5. The maximum absolute atomic E-state index is 12.7. The third-order valence-electron chi connectivity index (χ3n) is 3.89. The fourth-order valence-electron chi connectivity index (χ4n) is 2.70. The number of halogens is 1. The summed E-state index contributed by atoms with van der Waals surface area (Å²) in [5, 5.41) is 0.330. The molecule has 0 radical (unpaired) electrons. The second kappa shape index (κ2) is 6.18. The van der Waals surface area contributed by atoms with Gasteiger partial charge in [-0.2, -0.15) is 0 Å². The van der Waals surface area contributed by atoms with Crippen LogP contribution in [-0.4, -0.2) is 62.8 Å². The lowest BCUT2D eigenvalue weighted by atomic mass is 10.1. The first-order valence-corrected chi connectivity index (χ1v) is 9.42. The molecule has 0 atom stereocenters. The molecule has 1 amide bonds. The zero-order chi connectivity index (χ0) is 16.6. The molecule has 1 aromatic rings. The van der Waals surface area contributed by atoms with Crippen molar-refractivity contribution in [2.45, 2.75) is 6.42 Å². The molecule has 0 spiro atoms. The maximum Gasteiger partial charge on any atom is 0.254 e. The monoisotopic (exact) mass is 360 g/mol. The number of fused-ring (bicyclic) bond motifs is 1. The number of benzene rings is 1. The van der Waals surface area contributed by atoms with E-state index in [9.17, 15) is 13.2 Å². The molecular weight excluding hydrogens is 344 g/mol. The van der Waals surface area contributed by atoms with Gasteiger partial charge in [-0.1, -0.05) is 11.6 Å². The maximum atomic E-state index is 12.7. The quantitative estimate of drug-likeness (QED) is 0.791. The lowest BCUT2D eigenvalue weighted by molar-refractivity contribution is 0.0764. The van der Waals surface area contributed by atoms with Crippen molar-refractivity contribution in [2.24, 2.45) is 0 Å². The van der Waals surface area contributed by atoms with Gasteiger partial charge in [0.2, 0.25) is 16.8 Å². The number of nitrogens with zero attached hydrogens (tertiary/aromatic N) is 2. The zero-order valence-corrected chi connectivity index (χ0v) is 14.2. The van der Waals surface area contributed by atoms with Crippen LogP contribution in [0.25, 0.3) is 0 Å². The van der Waals surface area contributed by atoms with E-state index >= 15 is 0 Å². The average molecular weight is 361 g/mol. The van der Waals surface area contributed by atoms with Crippen molar-refractivity contribution in [3.8, 4) is 11.5 Å². The zero-order valence-electron chi connectivity index (χ0n) is 12.6. The number of carbonyl (C=O) groups is 1. The Morgan fingerprint density at radius 1 is 1.17 bits per heavy atom. The van der Waals surface area contributed by atoms with Crippen LogP contribution in [0.15, 0.2) is 12.1 Å². The Kier molecular flexibility index (Phi) is 4.39. The summed E-state index contributed by atoms with van der Waals surface area (Å²) in [6.07, 6.45) is 1.78. The Bertz CT molecular complexity index is 737. The summed E-state index contributed by atoms with van der Waals surface area (Å²) in [7, 11) is -3.24. The van der Waals surface area contributed by atoms with E-state index in [2.05, 4.69) is 0 Å². The normalized spacial score (nSPS) is 18.8. The van der Waals surface area contributed by atoms with Crippen molar-refractivity contribution in [3.63, 3.8) is 0 Å². The van der Waals surface area contributed by atoms with E-state index in [4.69, 9.17) is 21.1 Å². The van der Waals surface area contributed by atoms with Crippen LogP contribution in [0.4, 0.5) is 0 Å². The summed E-state index contributed by atoms with van der Waals surface area (Å²) in [6.45, 7) is 1.64. The SMILES string of the molecule is CS(=O)(=O)N1CCCN(C(=O)c2cc(Cl)c3c(c2)OCO3)CC1. The van der Waals surface area contributed by atoms with Crippen LogP contribution in [0.3, 0.4) is 0 Å². The summed E-state index contributed by atoms with van der Waals surface area (Å²) in [5.74, 6) is 0.705. The number of ether oxygens (including phenoxy) is 2. The van der Waals surface area contributed by atoms with Crippen LogP contribution in [-0.2, 0) is 10.0 Å². The van der Waals surface area contributed by atoms with Gasteiger partial charge in [0.25, 0.3) is 5.91 Å². The molecule has 2 aliphatic heterocycles. The lowest BCUT2D eigenvalue weighted by Gasteiger charge is -2.21. The predicted molar refractivity (Wildman–Crippen MR) is 84.5 cm³/mol. The minimum atomic E-state index is -3.24. The van der Waals surface area contributed by atoms with E-state index in [0.717, 1.165) is 0 Å². The number of sulfonamides is 1. The highest BCUT2D eigenvalue weighted by Crippen LogP contribution is 2.40. The third kappa shape index (κ3) is 3.39. The second-order valence-corrected chi connectivity index (χ2v) is 7.89. The van der Waals surface area contributed by atoms with Crippen LogP contribution in [0, 0.1) is 0 Å². The molecule has 1 fully saturated rings. The molecule has 0 bridgehead atoms. The Labute approximate surface area is 139 Å². The van der Waals surface area contributed by atoms with Crippen LogP contribution in [0.2, 0.25) is 5.02 Å². The first-order chi connectivity index (χ1) is 10.9. The molecule has 23 heavy (non-hydrogen) atoms. The van der Waals surface area contributed by atoms with Gasteiger partial charge in [0.05, 0.1) is 11.3 Å². The molecule has 0 aromatic heterocycles. The van der Waals surface area contributed by atoms with Gasteiger partial charge in [0, 0.05) is 31.7 Å². The van der Waals surface area contributed by atoms with E-state index in [-0.39, 0.29) is 12.7 Å². The van der Waals surface area contributed by atoms with Gasteiger partial charge in [-0.25, -0.2) is 12.7 Å². The minimum absolute atomic E-state index is 0.0831. The molecule has 0 N–H and O–H groups in total. The van der Waals surface area contributed by atoms with Crippen molar-refractivity contribution in [3.05, 3.63) is 22.7 Å². The predicted octanol–water partition coefficient (Wildman–Crippen LogP) is 1.18. The van der Waals surface area contributed by atoms with E-state index in [1.54, 1.807) is 17.0 Å². The molecule has 0 unspecified atom stereocenters. The second-order valence-electron chi connectivity index (χ2n) is 5.50. The van der Waals surface area contributed by atoms with E-state index < -0.39 is 10.0 Å². The fraction of sp³-hybridized carbons (Fsp3) is 0.500. The molecule has 1 aromatic carbocycles. The van der Waals surface area contributed by atoms with Crippen LogP contribution in [0.5, 0.6) is 11.5 Å². The van der Waals surface area contributed by atoms with Gasteiger partial charge in [-0.3, -0.25) is 4.79 Å². The number of hydrogen-bond donors (Lipinski definition) is 0. The minimum Gasteiger partial charge on any atom is -0.454 e. The first kappa shape index (κ1) is 16.4. The standard InChI is InChI=1S/C14H17ClN2O5S/c1-23(19,20)17-4-2-3-16(5-6-17)14(18)10-7-11(15)13-12(8-10)21-9-22-13/h7-8H,2-6,9H2,1H3. The number of hydrogen-bond acceptors (Lipinski definition) is 5. The van der Waals surface area contributed by atoms with Crippen molar-refractivity contribution in [1.82, 2.24) is 9.21 Å². The molecule has 2 aliphatic rings. The van der Waals surface area contributed by atoms with E-state index in [1.165, 1.54) is 10.6 Å². The van der Waals surface area contributed by atoms with Gasteiger partial charge < -0.3 is 14.4 Å². The topological polar surface area (TPSA) is 76.2 Å². The van der Waals surface area contributed by atoms with E-state index in [0.29, 0.717) is 54.7 Å². The third-order valence-corrected chi connectivity index (χ3v) is 5.47. The molecular formula is C14H17ClN2O5S. The average Bonchev–Trinajstić information content (AvgIpc) is 2.81. The van der Waals surface area contributed by atoms with Crippen molar-refractivity contribution < 1.29 is 22.7 Å². The summed E-state index contributed by atoms with van der Waals surface area (Å²) >= 11 is 6.11. The van der Waals surface area contributed by atoms with Gasteiger partial charge in [0.15, 0.2) is 11.5 Å². The molecule has 7 nitrogen and oxygen atoms in total. The Morgan fingerprint density at radius 3 is 2.70 bits per heavy atom. The van der Waals surface area contributed by atoms with Crippen molar-refractivity contribution >= 4 is 27.5 Å². The number of carbonyl (C=O) groups excluding carboxylic acids is 1. The molecule has 1 saturated heterocycles. The summed E-state index contributed by atoms with van der Waals surface area (Å²) in [6, 6.07) is 3.16. The highest BCUT2D eigenvalue weighted by molar-refractivity contribution is 7.88. The molecule has 126 valence electrons. The van der Waals surface area contributed by atoms with Crippen LogP contribution < -0.4 is 9.47 Å². The van der Waals surface area contributed by atoms with E-state index in [1.807, 2.05) is 0 Å². The molecule has 9 heteroatoms. The molecule has 2 heterocycles. The summed E-state index contributed by atoms with van der Waals surface area (Å²) in [5.41, 5.74) is 0.409. The van der Waals surface area contributed by atoms with Crippen molar-refractivity contribution in [2.75, 3.05) is 39.2 Å². The van der Waals surface area contributed by atoms with Crippen LogP contribution >= 0.6 is 11.6 Å². The van der Waals surface area contributed by atoms with Gasteiger partial charge in [0.1, 0.15) is 0 Å². The molecule has 3 rings (SSSR count). The van der Waals surface area contributed by atoms with Gasteiger partial charge in [-0.05, 0) is 18.6 Å². The smallest absolute Gasteiger partial charge is 0.254 e. The van der Waals surface area contributed by atoms with Gasteiger partial charge in [-0.15, -0.1) is 0 Å². The molecule has 0 aliphatic carbocycles. The number of rotatable bonds is 2. The fourth-order valence-corrected chi connectivity index (χ4v) is 3.84. The van der Waals surface area contributed by atoms with Crippen molar-refractivity contribution in [1.29, 1.82) is 0 Å². The van der Waals surface area contributed by atoms with Gasteiger partial charge >= 0.3 is 0 Å². The summed E-state index contributed by atoms with van der Waals surface area (Å²) in [4.78, 5) is 14.3. The molecule has 0 saturated carbocycles. The first-order valence-electron chi connectivity index (χ1n) is 7.20.